The van der Waals surface area contributed by atoms with Crippen molar-refractivity contribution < 1.29 is 0 Å². The van der Waals surface area contributed by atoms with Crippen LogP contribution in [0.15, 0.2) is 0 Å². The predicted molar refractivity (Wildman–Crippen MR) is 78.9 cm³/mol. The first kappa shape index (κ1) is 14.3. The highest BCUT2D eigenvalue weighted by atomic mass is 15.2. The first-order chi connectivity index (χ1) is 8.66. The smallest absolute Gasteiger partial charge is 0.00975 e. The second kappa shape index (κ2) is 6.91. The molecule has 0 saturated heterocycles. The van der Waals surface area contributed by atoms with Gasteiger partial charge in [-0.3, -0.25) is 0 Å². The van der Waals surface area contributed by atoms with E-state index in [-0.39, 0.29) is 0 Å². The van der Waals surface area contributed by atoms with Gasteiger partial charge in [-0.1, -0.05) is 19.8 Å². The zero-order valence-corrected chi connectivity index (χ0v) is 12.6. The fraction of sp³-hybridized carbons (Fsp3) is 1.00. The minimum atomic E-state index is 0.751. The Morgan fingerprint density at radius 2 is 2.00 bits per heavy atom. The van der Waals surface area contributed by atoms with Crippen LogP contribution in [0.25, 0.3) is 0 Å². The van der Waals surface area contributed by atoms with E-state index in [1.54, 1.807) is 0 Å². The highest BCUT2D eigenvalue weighted by Gasteiger charge is 2.25. The largest absolute Gasteiger partial charge is 0.314 e. The van der Waals surface area contributed by atoms with Crippen molar-refractivity contribution in [3.8, 4) is 0 Å². The summed E-state index contributed by atoms with van der Waals surface area (Å²) >= 11 is 0. The van der Waals surface area contributed by atoms with Gasteiger partial charge in [0.25, 0.3) is 0 Å². The normalized spacial score (nSPS) is 30.7. The Hall–Kier alpha value is -0.0800. The molecule has 2 heteroatoms. The minimum Gasteiger partial charge on any atom is -0.314 e. The molecule has 18 heavy (non-hydrogen) atoms. The molecule has 0 aromatic heterocycles. The molecule has 3 unspecified atom stereocenters. The summed E-state index contributed by atoms with van der Waals surface area (Å²) in [7, 11) is 2.35. The van der Waals surface area contributed by atoms with E-state index in [2.05, 4.69) is 31.1 Å². The SMILES string of the molecule is CC1CCCC(N(C)C(C)CCCNC2CC2)C1. The van der Waals surface area contributed by atoms with Gasteiger partial charge in [0.15, 0.2) is 0 Å². The van der Waals surface area contributed by atoms with Gasteiger partial charge in [0.1, 0.15) is 0 Å². The number of hydrogen-bond donors (Lipinski definition) is 1. The Balaban J connectivity index is 1.61. The monoisotopic (exact) mass is 252 g/mol. The van der Waals surface area contributed by atoms with Crippen LogP contribution in [-0.4, -0.2) is 36.6 Å². The van der Waals surface area contributed by atoms with Crippen molar-refractivity contribution in [1.82, 2.24) is 10.2 Å². The summed E-state index contributed by atoms with van der Waals surface area (Å²) in [4.78, 5) is 2.66. The molecule has 0 bridgehead atoms. The maximum Gasteiger partial charge on any atom is 0.00975 e. The summed E-state index contributed by atoms with van der Waals surface area (Å²) in [5.41, 5.74) is 0. The van der Waals surface area contributed by atoms with Crippen molar-refractivity contribution >= 4 is 0 Å². The van der Waals surface area contributed by atoms with Gasteiger partial charge >= 0.3 is 0 Å². The van der Waals surface area contributed by atoms with Crippen LogP contribution >= 0.6 is 0 Å². The van der Waals surface area contributed by atoms with E-state index in [9.17, 15) is 0 Å². The fourth-order valence-corrected chi connectivity index (χ4v) is 3.33. The molecule has 0 amide bonds. The zero-order valence-electron chi connectivity index (χ0n) is 12.6. The Morgan fingerprint density at radius 3 is 2.67 bits per heavy atom. The highest BCUT2D eigenvalue weighted by Crippen LogP contribution is 2.28. The van der Waals surface area contributed by atoms with E-state index >= 15 is 0 Å². The van der Waals surface area contributed by atoms with Crippen LogP contribution in [0.5, 0.6) is 0 Å². The molecule has 0 spiro atoms. The van der Waals surface area contributed by atoms with Crippen LogP contribution in [0.2, 0.25) is 0 Å². The van der Waals surface area contributed by atoms with Crippen molar-refractivity contribution in [3.05, 3.63) is 0 Å². The molecular formula is C16H32N2. The molecule has 3 atom stereocenters. The van der Waals surface area contributed by atoms with Crippen LogP contribution in [0, 0.1) is 5.92 Å². The molecule has 2 aliphatic rings. The van der Waals surface area contributed by atoms with Crippen molar-refractivity contribution in [2.75, 3.05) is 13.6 Å². The van der Waals surface area contributed by atoms with Gasteiger partial charge in [-0.2, -0.15) is 0 Å². The maximum absolute atomic E-state index is 3.62. The van der Waals surface area contributed by atoms with Gasteiger partial charge in [-0.25, -0.2) is 0 Å². The van der Waals surface area contributed by atoms with Gasteiger partial charge in [-0.15, -0.1) is 0 Å². The van der Waals surface area contributed by atoms with E-state index in [1.807, 2.05) is 0 Å². The zero-order chi connectivity index (χ0) is 13.0. The molecule has 0 heterocycles. The van der Waals surface area contributed by atoms with E-state index in [0.29, 0.717) is 0 Å². The van der Waals surface area contributed by atoms with Crippen molar-refractivity contribution in [1.29, 1.82) is 0 Å². The van der Waals surface area contributed by atoms with E-state index < -0.39 is 0 Å². The number of rotatable bonds is 7. The standard InChI is InChI=1S/C16H32N2/c1-13-6-4-8-16(12-13)18(3)14(2)7-5-11-17-15-9-10-15/h13-17H,4-12H2,1-3H3. The van der Waals surface area contributed by atoms with Crippen molar-refractivity contribution in [3.63, 3.8) is 0 Å². The first-order valence-corrected chi connectivity index (χ1v) is 8.12. The molecule has 106 valence electrons. The van der Waals surface area contributed by atoms with Crippen molar-refractivity contribution in [2.45, 2.75) is 83.3 Å². The second-order valence-electron chi connectivity index (χ2n) is 6.81. The maximum atomic E-state index is 3.62. The lowest BCUT2D eigenvalue weighted by molar-refractivity contribution is 0.120. The molecular weight excluding hydrogens is 220 g/mol. The summed E-state index contributed by atoms with van der Waals surface area (Å²) in [6.45, 7) is 6.06. The topological polar surface area (TPSA) is 15.3 Å². The van der Waals surface area contributed by atoms with Crippen LogP contribution in [0.3, 0.4) is 0 Å². The first-order valence-electron chi connectivity index (χ1n) is 8.12. The van der Waals surface area contributed by atoms with Crippen molar-refractivity contribution in [2.24, 2.45) is 5.92 Å². The second-order valence-corrected chi connectivity index (χ2v) is 6.81. The molecule has 0 radical (unpaired) electrons. The van der Waals surface area contributed by atoms with E-state index in [0.717, 1.165) is 24.0 Å². The Kier molecular flexibility index (Phi) is 5.50. The fourth-order valence-electron chi connectivity index (χ4n) is 3.33. The van der Waals surface area contributed by atoms with Gasteiger partial charge in [-0.05, 0) is 65.0 Å². The van der Waals surface area contributed by atoms with Crippen LogP contribution in [0.1, 0.15) is 65.2 Å². The molecule has 0 aromatic carbocycles. The molecule has 2 fully saturated rings. The van der Waals surface area contributed by atoms with Crippen LogP contribution < -0.4 is 5.32 Å². The quantitative estimate of drug-likeness (QED) is 0.699. The lowest BCUT2D eigenvalue weighted by Crippen LogP contribution is -2.41. The molecule has 1 N–H and O–H groups in total. The molecule has 2 saturated carbocycles. The molecule has 2 aliphatic carbocycles. The van der Waals surface area contributed by atoms with Gasteiger partial charge < -0.3 is 10.2 Å². The molecule has 0 aliphatic heterocycles. The number of nitrogens with one attached hydrogen (secondary N) is 1. The predicted octanol–water partition coefficient (Wildman–Crippen LogP) is 3.42. The van der Waals surface area contributed by atoms with E-state index in [4.69, 9.17) is 0 Å². The minimum absolute atomic E-state index is 0.751. The third-order valence-electron chi connectivity index (χ3n) is 4.99. The molecule has 2 rings (SSSR count). The third kappa shape index (κ3) is 4.55. The lowest BCUT2D eigenvalue weighted by atomic mass is 9.86. The Labute approximate surface area is 114 Å². The highest BCUT2D eigenvalue weighted by molar-refractivity contribution is 4.82. The Bertz CT molecular complexity index is 237. The third-order valence-corrected chi connectivity index (χ3v) is 4.99. The summed E-state index contributed by atoms with van der Waals surface area (Å²) in [6.07, 6.45) is 11.2. The number of hydrogen-bond acceptors (Lipinski definition) is 2. The van der Waals surface area contributed by atoms with E-state index in [1.165, 1.54) is 57.9 Å². The Morgan fingerprint density at radius 1 is 1.22 bits per heavy atom. The van der Waals surface area contributed by atoms with Gasteiger partial charge in [0.05, 0.1) is 0 Å². The average molecular weight is 252 g/mol. The van der Waals surface area contributed by atoms with Crippen LogP contribution in [-0.2, 0) is 0 Å². The average Bonchev–Trinajstić information content (AvgIpc) is 3.17. The molecule has 0 aromatic rings. The van der Waals surface area contributed by atoms with Crippen LogP contribution in [0.4, 0.5) is 0 Å². The summed E-state index contributed by atoms with van der Waals surface area (Å²) in [6, 6.07) is 2.47. The number of nitrogens with zero attached hydrogens (tertiary/aromatic N) is 1. The summed E-state index contributed by atoms with van der Waals surface area (Å²) in [5.74, 6) is 0.940. The molecule has 2 nitrogen and oxygen atoms in total. The van der Waals surface area contributed by atoms with Gasteiger partial charge in [0.2, 0.25) is 0 Å². The summed E-state index contributed by atoms with van der Waals surface area (Å²) < 4.78 is 0. The lowest BCUT2D eigenvalue weighted by Gasteiger charge is -2.37. The van der Waals surface area contributed by atoms with Gasteiger partial charge in [0, 0.05) is 18.1 Å². The summed E-state index contributed by atoms with van der Waals surface area (Å²) in [5, 5.41) is 3.62.